The van der Waals surface area contributed by atoms with Crippen molar-refractivity contribution in [2.75, 3.05) is 13.7 Å². The van der Waals surface area contributed by atoms with Gasteiger partial charge in [-0.25, -0.2) is 0 Å². The molecule has 0 aromatic heterocycles. The van der Waals surface area contributed by atoms with Crippen molar-refractivity contribution in [1.29, 1.82) is 0 Å². The Bertz CT molecular complexity index is 711. The molecule has 2 aromatic rings. The summed E-state index contributed by atoms with van der Waals surface area (Å²) < 4.78 is 11.2. The first-order chi connectivity index (χ1) is 11.0. The van der Waals surface area contributed by atoms with Crippen LogP contribution in [0, 0.1) is 0 Å². The number of hydrogen-bond donors (Lipinski definition) is 0. The molecule has 0 bridgehead atoms. The van der Waals surface area contributed by atoms with Crippen molar-refractivity contribution < 1.29 is 9.47 Å². The Morgan fingerprint density at radius 2 is 1.91 bits per heavy atom. The SMILES string of the molecule is C=CCOc1ccc2ccccc2c1C(C)(C)C/C=C(\C)OC. The molecule has 0 N–H and O–H groups in total. The van der Waals surface area contributed by atoms with Crippen LogP contribution in [0.4, 0.5) is 0 Å². The second-order valence-corrected chi connectivity index (χ2v) is 6.37. The summed E-state index contributed by atoms with van der Waals surface area (Å²) in [6.45, 7) is 10.7. The zero-order valence-electron chi connectivity index (χ0n) is 14.6. The van der Waals surface area contributed by atoms with Gasteiger partial charge in [-0.1, -0.05) is 56.8 Å². The summed E-state index contributed by atoms with van der Waals surface area (Å²) in [5.41, 5.74) is 1.16. The summed E-state index contributed by atoms with van der Waals surface area (Å²) in [5.74, 6) is 1.86. The molecule has 0 saturated heterocycles. The quantitative estimate of drug-likeness (QED) is 0.488. The number of ether oxygens (including phenoxy) is 2. The Morgan fingerprint density at radius 1 is 1.17 bits per heavy atom. The molecule has 2 rings (SSSR count). The minimum atomic E-state index is -0.0723. The summed E-state index contributed by atoms with van der Waals surface area (Å²) in [7, 11) is 1.70. The van der Waals surface area contributed by atoms with Gasteiger partial charge in [0.25, 0.3) is 0 Å². The van der Waals surface area contributed by atoms with Gasteiger partial charge in [0.2, 0.25) is 0 Å². The minimum Gasteiger partial charge on any atom is -0.502 e. The summed E-state index contributed by atoms with van der Waals surface area (Å²) >= 11 is 0. The van der Waals surface area contributed by atoms with E-state index in [1.807, 2.05) is 6.92 Å². The van der Waals surface area contributed by atoms with Crippen LogP contribution in [0.3, 0.4) is 0 Å². The predicted octanol–water partition coefficient (Wildman–Crippen LogP) is 5.62. The number of hydrogen-bond acceptors (Lipinski definition) is 2. The highest BCUT2D eigenvalue weighted by Crippen LogP contribution is 2.40. The Hall–Kier alpha value is -2.22. The lowest BCUT2D eigenvalue weighted by atomic mass is 9.78. The van der Waals surface area contributed by atoms with Crippen LogP contribution in [0.5, 0.6) is 5.75 Å². The van der Waals surface area contributed by atoms with Crippen molar-refractivity contribution in [3.8, 4) is 5.75 Å². The van der Waals surface area contributed by atoms with E-state index < -0.39 is 0 Å². The average Bonchev–Trinajstić information content (AvgIpc) is 2.57. The van der Waals surface area contributed by atoms with Gasteiger partial charge >= 0.3 is 0 Å². The summed E-state index contributed by atoms with van der Waals surface area (Å²) in [5, 5.41) is 2.47. The Kier molecular flexibility index (Phi) is 5.49. The highest BCUT2D eigenvalue weighted by atomic mass is 16.5. The lowest BCUT2D eigenvalue weighted by Gasteiger charge is -2.28. The minimum absolute atomic E-state index is 0.0723. The molecule has 23 heavy (non-hydrogen) atoms. The van der Waals surface area contributed by atoms with E-state index in [0.717, 1.165) is 17.9 Å². The maximum atomic E-state index is 5.94. The van der Waals surface area contributed by atoms with Crippen LogP contribution in [-0.2, 0) is 10.2 Å². The first-order valence-electron chi connectivity index (χ1n) is 7.96. The van der Waals surface area contributed by atoms with Crippen LogP contribution in [0.2, 0.25) is 0 Å². The molecule has 0 aliphatic heterocycles. The van der Waals surface area contributed by atoms with E-state index in [4.69, 9.17) is 9.47 Å². The largest absolute Gasteiger partial charge is 0.502 e. The van der Waals surface area contributed by atoms with Gasteiger partial charge in [0.05, 0.1) is 12.9 Å². The Morgan fingerprint density at radius 3 is 2.61 bits per heavy atom. The number of allylic oxidation sites excluding steroid dienone is 2. The number of fused-ring (bicyclic) bond motifs is 1. The molecule has 2 nitrogen and oxygen atoms in total. The van der Waals surface area contributed by atoms with E-state index in [9.17, 15) is 0 Å². The zero-order valence-corrected chi connectivity index (χ0v) is 14.6. The van der Waals surface area contributed by atoms with Gasteiger partial charge in [-0.2, -0.15) is 0 Å². The first kappa shape index (κ1) is 17.1. The van der Waals surface area contributed by atoms with Gasteiger partial charge in [0.1, 0.15) is 12.4 Å². The van der Waals surface area contributed by atoms with Crippen molar-refractivity contribution in [3.63, 3.8) is 0 Å². The van der Waals surface area contributed by atoms with Gasteiger partial charge in [-0.05, 0) is 41.7 Å². The molecule has 0 radical (unpaired) electrons. The Labute approximate surface area is 139 Å². The lowest BCUT2D eigenvalue weighted by molar-refractivity contribution is 0.289. The van der Waals surface area contributed by atoms with Crippen molar-refractivity contribution in [2.24, 2.45) is 0 Å². The fourth-order valence-corrected chi connectivity index (χ4v) is 2.80. The average molecular weight is 310 g/mol. The molecule has 0 spiro atoms. The van der Waals surface area contributed by atoms with E-state index in [0.29, 0.717) is 6.61 Å². The Balaban J connectivity index is 2.55. The number of benzene rings is 2. The number of rotatable bonds is 7. The molecular formula is C21H26O2. The third kappa shape index (κ3) is 3.95. The molecule has 0 atom stereocenters. The van der Waals surface area contributed by atoms with Crippen molar-refractivity contribution in [1.82, 2.24) is 0 Å². The molecule has 0 aliphatic rings. The molecule has 2 heteroatoms. The van der Waals surface area contributed by atoms with E-state index >= 15 is 0 Å². The van der Waals surface area contributed by atoms with Crippen LogP contribution < -0.4 is 4.74 Å². The second-order valence-electron chi connectivity index (χ2n) is 6.37. The fourth-order valence-electron chi connectivity index (χ4n) is 2.80. The number of methoxy groups -OCH3 is 1. The summed E-state index contributed by atoms with van der Waals surface area (Å²) in [4.78, 5) is 0. The molecule has 0 fully saturated rings. The maximum Gasteiger partial charge on any atom is 0.124 e. The van der Waals surface area contributed by atoms with E-state index in [1.165, 1.54) is 16.3 Å². The van der Waals surface area contributed by atoms with Crippen LogP contribution in [0.15, 0.2) is 60.9 Å². The fraction of sp³-hybridized carbons (Fsp3) is 0.333. The highest BCUT2D eigenvalue weighted by Gasteiger charge is 2.26. The topological polar surface area (TPSA) is 18.5 Å². The highest BCUT2D eigenvalue weighted by molar-refractivity contribution is 5.88. The van der Waals surface area contributed by atoms with E-state index in [1.54, 1.807) is 13.2 Å². The normalized spacial score (nSPS) is 12.3. The van der Waals surface area contributed by atoms with Crippen molar-refractivity contribution in [3.05, 3.63) is 66.5 Å². The van der Waals surface area contributed by atoms with Crippen LogP contribution in [-0.4, -0.2) is 13.7 Å². The van der Waals surface area contributed by atoms with Crippen LogP contribution in [0.1, 0.15) is 32.8 Å². The molecule has 0 amide bonds. The zero-order chi connectivity index (χ0) is 16.9. The van der Waals surface area contributed by atoms with Gasteiger partial charge in [-0.3, -0.25) is 0 Å². The smallest absolute Gasteiger partial charge is 0.124 e. The first-order valence-corrected chi connectivity index (χ1v) is 7.96. The van der Waals surface area contributed by atoms with E-state index in [-0.39, 0.29) is 5.41 Å². The maximum absolute atomic E-state index is 5.94. The van der Waals surface area contributed by atoms with Crippen LogP contribution in [0.25, 0.3) is 10.8 Å². The molecule has 0 heterocycles. The third-order valence-electron chi connectivity index (χ3n) is 4.15. The summed E-state index contributed by atoms with van der Waals surface area (Å²) in [6, 6.07) is 12.6. The van der Waals surface area contributed by atoms with Gasteiger partial charge in [0.15, 0.2) is 0 Å². The molecule has 0 aliphatic carbocycles. The third-order valence-corrected chi connectivity index (χ3v) is 4.15. The standard InChI is InChI=1S/C21H26O2/c1-6-15-23-19-12-11-17-9-7-8-10-18(17)20(19)21(3,4)14-13-16(2)22-5/h6-13H,1,14-15H2,2-5H3/b16-13+. The molecule has 2 aromatic carbocycles. The summed E-state index contributed by atoms with van der Waals surface area (Å²) in [6.07, 6.45) is 4.80. The predicted molar refractivity (Wildman–Crippen MR) is 98.0 cm³/mol. The van der Waals surface area contributed by atoms with Gasteiger partial charge in [-0.15, -0.1) is 0 Å². The molecule has 122 valence electrons. The van der Waals surface area contributed by atoms with E-state index in [2.05, 4.69) is 62.9 Å². The van der Waals surface area contributed by atoms with Crippen molar-refractivity contribution in [2.45, 2.75) is 32.6 Å². The van der Waals surface area contributed by atoms with Crippen molar-refractivity contribution >= 4 is 10.8 Å². The monoisotopic (exact) mass is 310 g/mol. The van der Waals surface area contributed by atoms with Crippen LogP contribution >= 0.6 is 0 Å². The van der Waals surface area contributed by atoms with Gasteiger partial charge < -0.3 is 9.47 Å². The molecule has 0 saturated carbocycles. The second kappa shape index (κ2) is 7.36. The van der Waals surface area contributed by atoms with Gasteiger partial charge in [0, 0.05) is 5.56 Å². The molecular weight excluding hydrogens is 284 g/mol. The molecule has 0 unspecified atom stereocenters. The lowest BCUT2D eigenvalue weighted by Crippen LogP contribution is -2.18.